The van der Waals surface area contributed by atoms with Gasteiger partial charge in [0, 0.05) is 5.69 Å². The first-order valence-electron chi connectivity index (χ1n) is 3.44. The molecule has 0 radical (unpaired) electrons. The highest BCUT2D eigenvalue weighted by Gasteiger charge is 1.89. The second-order valence-corrected chi connectivity index (χ2v) is 2.22. The summed E-state index contributed by atoms with van der Waals surface area (Å²) in [4.78, 5) is 4.20. The average molecular weight is 146 g/mol. The maximum absolute atomic E-state index is 5.07. The lowest BCUT2D eigenvalue weighted by atomic mass is 10.4. The Morgan fingerprint density at radius 1 is 1.64 bits per heavy atom. The van der Waals surface area contributed by atoms with Crippen LogP contribution in [-0.4, -0.2) is 11.5 Å². The van der Waals surface area contributed by atoms with E-state index in [1.54, 1.807) is 0 Å². The van der Waals surface area contributed by atoms with Gasteiger partial charge in [0.1, 0.15) is 5.82 Å². The molecule has 1 rings (SSSR count). The minimum absolute atomic E-state index is 0.524. The predicted octanol–water partition coefficient (Wildman–Crippen LogP) is 1.44. The van der Waals surface area contributed by atoms with E-state index in [0.717, 1.165) is 11.5 Å². The van der Waals surface area contributed by atoms with Gasteiger partial charge in [-0.1, -0.05) is 12.0 Å². The summed E-state index contributed by atoms with van der Waals surface area (Å²) in [6.45, 7) is 2.47. The van der Waals surface area contributed by atoms with Crippen molar-refractivity contribution in [1.29, 1.82) is 0 Å². The smallest absolute Gasteiger partial charge is 0.126 e. The van der Waals surface area contributed by atoms with E-state index in [1.807, 2.05) is 25.1 Å². The lowest BCUT2D eigenvalue weighted by Gasteiger charge is -2.00. The molecule has 0 bridgehead atoms. The van der Waals surface area contributed by atoms with Crippen molar-refractivity contribution in [3.05, 3.63) is 23.9 Å². The molecule has 1 N–H and O–H groups in total. The molecule has 2 heteroatoms. The lowest BCUT2D eigenvalue weighted by molar-refractivity contribution is 1.17. The van der Waals surface area contributed by atoms with Crippen molar-refractivity contribution in [2.45, 2.75) is 6.92 Å². The number of terminal acetylenes is 1. The molecule has 0 aliphatic carbocycles. The highest BCUT2D eigenvalue weighted by atomic mass is 15.0. The van der Waals surface area contributed by atoms with Crippen LogP contribution in [0.5, 0.6) is 0 Å². The summed E-state index contributed by atoms with van der Waals surface area (Å²) < 4.78 is 0. The maximum atomic E-state index is 5.07. The number of anilines is 1. The van der Waals surface area contributed by atoms with E-state index in [1.165, 1.54) is 0 Å². The second-order valence-electron chi connectivity index (χ2n) is 2.22. The van der Waals surface area contributed by atoms with Crippen molar-refractivity contribution in [3.8, 4) is 12.3 Å². The zero-order valence-electron chi connectivity index (χ0n) is 6.46. The van der Waals surface area contributed by atoms with E-state index in [4.69, 9.17) is 6.42 Å². The number of aryl methyl sites for hydroxylation is 1. The Bertz CT molecular complexity index is 273. The van der Waals surface area contributed by atoms with E-state index < -0.39 is 0 Å². The van der Waals surface area contributed by atoms with E-state index in [0.29, 0.717) is 6.54 Å². The molecule has 0 saturated heterocycles. The van der Waals surface area contributed by atoms with E-state index >= 15 is 0 Å². The van der Waals surface area contributed by atoms with Gasteiger partial charge in [-0.05, 0) is 19.1 Å². The molecule has 0 aliphatic heterocycles. The molecule has 2 nitrogen and oxygen atoms in total. The number of hydrogen-bond acceptors (Lipinski definition) is 2. The number of nitrogens with zero attached hydrogens (tertiary/aromatic N) is 1. The predicted molar refractivity (Wildman–Crippen MR) is 46.3 cm³/mol. The van der Waals surface area contributed by atoms with Crippen LogP contribution < -0.4 is 5.32 Å². The SMILES string of the molecule is C#CCNc1cccc(C)n1. The first-order valence-corrected chi connectivity index (χ1v) is 3.44. The number of pyridine rings is 1. The van der Waals surface area contributed by atoms with Gasteiger partial charge in [0.15, 0.2) is 0 Å². The number of rotatable bonds is 2. The van der Waals surface area contributed by atoms with Gasteiger partial charge < -0.3 is 5.32 Å². The Morgan fingerprint density at radius 2 is 2.45 bits per heavy atom. The van der Waals surface area contributed by atoms with Crippen molar-refractivity contribution in [2.24, 2.45) is 0 Å². The fourth-order valence-electron chi connectivity index (χ4n) is 0.783. The van der Waals surface area contributed by atoms with E-state index in [-0.39, 0.29) is 0 Å². The number of nitrogens with one attached hydrogen (secondary N) is 1. The zero-order chi connectivity index (χ0) is 8.10. The van der Waals surface area contributed by atoms with E-state index in [9.17, 15) is 0 Å². The summed E-state index contributed by atoms with van der Waals surface area (Å²) >= 11 is 0. The van der Waals surface area contributed by atoms with Gasteiger partial charge in [0.2, 0.25) is 0 Å². The molecule has 0 spiro atoms. The van der Waals surface area contributed by atoms with Crippen LogP contribution in [-0.2, 0) is 0 Å². The summed E-state index contributed by atoms with van der Waals surface area (Å²) in [6.07, 6.45) is 5.07. The van der Waals surface area contributed by atoms with Crippen LogP contribution in [0.4, 0.5) is 5.82 Å². The van der Waals surface area contributed by atoms with Gasteiger partial charge in [0.25, 0.3) is 0 Å². The van der Waals surface area contributed by atoms with Crippen LogP contribution in [0.1, 0.15) is 5.69 Å². The van der Waals surface area contributed by atoms with Crippen LogP contribution in [0.2, 0.25) is 0 Å². The van der Waals surface area contributed by atoms with Crippen molar-refractivity contribution in [2.75, 3.05) is 11.9 Å². The monoisotopic (exact) mass is 146 g/mol. The highest BCUT2D eigenvalue weighted by Crippen LogP contribution is 2.02. The Hall–Kier alpha value is -1.49. The lowest BCUT2D eigenvalue weighted by Crippen LogP contribution is -2.00. The topological polar surface area (TPSA) is 24.9 Å². The number of hydrogen-bond donors (Lipinski definition) is 1. The average Bonchev–Trinajstić information content (AvgIpc) is 2.01. The minimum atomic E-state index is 0.524. The van der Waals surface area contributed by atoms with Crippen LogP contribution >= 0.6 is 0 Å². The fraction of sp³-hybridized carbons (Fsp3) is 0.222. The molecule has 0 amide bonds. The Kier molecular flexibility index (Phi) is 2.51. The van der Waals surface area contributed by atoms with Crippen LogP contribution in [0, 0.1) is 19.3 Å². The van der Waals surface area contributed by atoms with Crippen molar-refractivity contribution < 1.29 is 0 Å². The normalized spacial score (nSPS) is 8.73. The Morgan fingerprint density at radius 3 is 3.09 bits per heavy atom. The van der Waals surface area contributed by atoms with E-state index in [2.05, 4.69) is 16.2 Å². The van der Waals surface area contributed by atoms with Gasteiger partial charge in [0.05, 0.1) is 6.54 Å². The van der Waals surface area contributed by atoms with Crippen molar-refractivity contribution >= 4 is 5.82 Å². The van der Waals surface area contributed by atoms with Gasteiger partial charge >= 0.3 is 0 Å². The van der Waals surface area contributed by atoms with Gasteiger partial charge in [-0.15, -0.1) is 6.42 Å². The zero-order valence-corrected chi connectivity index (χ0v) is 6.46. The third-order valence-electron chi connectivity index (χ3n) is 1.26. The van der Waals surface area contributed by atoms with Gasteiger partial charge in [-0.25, -0.2) is 4.98 Å². The summed E-state index contributed by atoms with van der Waals surface area (Å²) in [5.74, 6) is 3.32. The first kappa shape index (κ1) is 7.62. The molecular weight excluding hydrogens is 136 g/mol. The summed E-state index contributed by atoms with van der Waals surface area (Å²) in [6, 6.07) is 5.78. The summed E-state index contributed by atoms with van der Waals surface area (Å²) in [7, 11) is 0. The molecule has 11 heavy (non-hydrogen) atoms. The van der Waals surface area contributed by atoms with Crippen molar-refractivity contribution in [1.82, 2.24) is 4.98 Å². The van der Waals surface area contributed by atoms with Crippen molar-refractivity contribution in [3.63, 3.8) is 0 Å². The Balaban J connectivity index is 2.65. The van der Waals surface area contributed by atoms with Gasteiger partial charge in [-0.3, -0.25) is 0 Å². The molecule has 0 aliphatic rings. The molecule has 0 atom stereocenters. The Labute approximate surface area is 66.7 Å². The number of aromatic nitrogens is 1. The highest BCUT2D eigenvalue weighted by molar-refractivity contribution is 5.36. The summed E-state index contributed by atoms with van der Waals surface area (Å²) in [5.41, 5.74) is 0.993. The third kappa shape index (κ3) is 2.30. The molecule has 0 saturated carbocycles. The maximum Gasteiger partial charge on any atom is 0.126 e. The quantitative estimate of drug-likeness (QED) is 0.638. The molecule has 1 aromatic heterocycles. The second kappa shape index (κ2) is 3.62. The molecule has 56 valence electrons. The fourth-order valence-corrected chi connectivity index (χ4v) is 0.783. The van der Waals surface area contributed by atoms with Crippen LogP contribution in [0.15, 0.2) is 18.2 Å². The molecule has 0 fully saturated rings. The summed E-state index contributed by atoms with van der Waals surface area (Å²) in [5, 5.41) is 2.99. The molecule has 0 aromatic carbocycles. The standard InChI is InChI=1S/C9H10N2/c1-3-7-10-9-6-4-5-8(2)11-9/h1,4-6H,7H2,2H3,(H,10,11). The minimum Gasteiger partial charge on any atom is -0.359 e. The molecule has 0 unspecified atom stereocenters. The van der Waals surface area contributed by atoms with Gasteiger partial charge in [-0.2, -0.15) is 0 Å². The van der Waals surface area contributed by atoms with Crippen LogP contribution in [0.25, 0.3) is 0 Å². The molecule has 1 aromatic rings. The largest absolute Gasteiger partial charge is 0.359 e. The first-order chi connectivity index (χ1) is 5.33. The third-order valence-corrected chi connectivity index (χ3v) is 1.26. The van der Waals surface area contributed by atoms with Crippen LogP contribution in [0.3, 0.4) is 0 Å². The molecular formula is C9H10N2. The molecule has 1 heterocycles.